The molecule has 0 radical (unpaired) electrons. The van der Waals surface area contributed by atoms with E-state index in [-0.39, 0.29) is 5.41 Å². The molecular weight excluding hydrogens is 1310 g/mol. The molecule has 0 bridgehead atoms. The molecule has 0 aliphatic carbocycles. The first-order chi connectivity index (χ1) is 53.1. The lowest BCUT2D eigenvalue weighted by Gasteiger charge is -2.21. The van der Waals surface area contributed by atoms with E-state index in [4.69, 9.17) is 19.9 Å². The van der Waals surface area contributed by atoms with Gasteiger partial charge in [-0.25, -0.2) is 4.98 Å². The van der Waals surface area contributed by atoms with Crippen molar-refractivity contribution in [2.24, 2.45) is 0 Å². The summed E-state index contributed by atoms with van der Waals surface area (Å²) >= 11 is 0. The molecule has 0 unspecified atom stereocenters. The van der Waals surface area contributed by atoms with Crippen LogP contribution in [0.3, 0.4) is 0 Å². The Kier molecular flexibility index (Phi) is 12.8. The standard InChI is InChI=1S/C52H34N2.C50H28N4/c1-52(2,3)34-24-43-36-19-16-32(49-23-30-10-4-5-11-33(30)28-53-49)22-40(36)46-26-41-38-13-8-12-37-35-18-15-31(48-20-17-29-9-6-7-14-47(29)54-48)21-39(35)45(50(37)38)27-42(41)44(25-34)51(43)46;1-3-21-51-45(11-1)47-19-15-31(27-53-47)29-13-17-33-35-7-5-9-37-42-26-44-40-24-30(32-16-20-48(54-28-32)46-12-2-4-22-52-46)14-18-34(40)36-8-6-10-38(50(36)44)41(42)25-43(49(35)37)39(33)23-29/h4-28H,1-3H3;1-28H. The van der Waals surface area contributed by atoms with Crippen LogP contribution >= 0.6 is 0 Å². The van der Waals surface area contributed by atoms with Gasteiger partial charge in [-0.05, 0) is 294 Å². The fraction of sp³-hybridized carbons (Fsp3) is 0.0392. The van der Waals surface area contributed by atoms with E-state index in [1.165, 1.54) is 162 Å². The molecule has 0 aliphatic heterocycles. The van der Waals surface area contributed by atoms with Gasteiger partial charge in [-0.2, -0.15) is 0 Å². The third kappa shape index (κ3) is 9.07. The highest BCUT2D eigenvalue weighted by Crippen LogP contribution is 2.52. The molecule has 0 aliphatic rings. The summed E-state index contributed by atoms with van der Waals surface area (Å²) in [5, 5.41) is 40.0. The molecule has 6 heterocycles. The molecule has 6 aromatic heterocycles. The SMILES string of the molecule is CC(C)(C)c1cc2c3ccc(-c4cc5ccccc5cn4)cc3c3cc4c(cc5c6cc(-c7ccc8ccccc8n7)ccc6c6cccc4c65)c(c1)c23.c1ccc(-c2ccc(-c3ccc4c(c3)c3cc5c(cc6c7cc(-c8ccc(-c9ccccn9)nc8)ccc7c7cccc5c76)c5cccc4c53)cn2)nc1. The van der Waals surface area contributed by atoms with E-state index in [2.05, 4.69) is 286 Å². The summed E-state index contributed by atoms with van der Waals surface area (Å²) in [6.45, 7) is 6.99. The average molecular weight is 1370 g/mol. The summed E-state index contributed by atoms with van der Waals surface area (Å²) in [7, 11) is 0. The maximum absolute atomic E-state index is 5.07. The van der Waals surface area contributed by atoms with Gasteiger partial charge < -0.3 is 0 Å². The second-order valence-electron chi connectivity index (χ2n) is 30.4. The van der Waals surface area contributed by atoms with Gasteiger partial charge in [0.2, 0.25) is 0 Å². The van der Waals surface area contributed by atoms with Crippen LogP contribution in [0.4, 0.5) is 0 Å². The van der Waals surface area contributed by atoms with Crippen LogP contribution in [0.2, 0.25) is 0 Å². The van der Waals surface area contributed by atoms with Crippen LogP contribution in [0.5, 0.6) is 0 Å². The van der Waals surface area contributed by atoms with Crippen molar-refractivity contribution in [3.63, 3.8) is 0 Å². The summed E-state index contributed by atoms with van der Waals surface area (Å²) in [6.07, 6.45) is 9.54. The molecular formula is C102H62N6. The first kappa shape index (κ1) is 60.5. The summed E-state index contributed by atoms with van der Waals surface area (Å²) in [6, 6.07) is 107. The molecule has 6 heteroatoms. The van der Waals surface area contributed by atoms with Crippen LogP contribution in [-0.4, -0.2) is 29.9 Å². The number of hydrogen-bond donors (Lipinski definition) is 0. The fourth-order valence-corrected chi connectivity index (χ4v) is 18.2. The fourth-order valence-electron chi connectivity index (χ4n) is 18.2. The van der Waals surface area contributed by atoms with Crippen molar-refractivity contribution in [1.29, 1.82) is 0 Å². The van der Waals surface area contributed by atoms with Crippen LogP contribution in [0.15, 0.2) is 322 Å². The Hall–Kier alpha value is -13.9. The number of pyridine rings is 6. The average Bonchev–Trinajstić information content (AvgIpc) is 1.51. The minimum absolute atomic E-state index is 0.0140. The van der Waals surface area contributed by atoms with Gasteiger partial charge in [0.1, 0.15) is 0 Å². The number of rotatable bonds is 6. The number of aromatic nitrogens is 6. The van der Waals surface area contributed by atoms with Gasteiger partial charge in [-0.15, -0.1) is 0 Å². The largest absolute Gasteiger partial charge is 0.256 e. The molecule has 0 amide bonds. The zero-order valence-corrected chi connectivity index (χ0v) is 59.3. The van der Waals surface area contributed by atoms with Gasteiger partial charge in [0.15, 0.2) is 0 Å². The molecule has 18 aromatic carbocycles. The van der Waals surface area contributed by atoms with E-state index in [1.54, 1.807) is 12.4 Å². The quantitative estimate of drug-likeness (QED) is 0.154. The van der Waals surface area contributed by atoms with Gasteiger partial charge in [-0.1, -0.05) is 197 Å². The van der Waals surface area contributed by atoms with Crippen molar-refractivity contribution in [1.82, 2.24) is 29.9 Å². The summed E-state index contributed by atoms with van der Waals surface area (Å²) in [5.41, 5.74) is 14.6. The highest BCUT2D eigenvalue weighted by molar-refractivity contribution is 6.43. The maximum Gasteiger partial charge on any atom is 0.0886 e. The van der Waals surface area contributed by atoms with Crippen LogP contribution in [0.1, 0.15) is 26.3 Å². The molecule has 0 N–H and O–H groups in total. The molecule has 6 nitrogen and oxygen atoms in total. The Morgan fingerprint density at radius 3 is 1.02 bits per heavy atom. The summed E-state index contributed by atoms with van der Waals surface area (Å²) in [4.78, 5) is 28.5. The molecule has 24 rings (SSSR count). The van der Waals surface area contributed by atoms with E-state index >= 15 is 0 Å². The molecule has 0 fully saturated rings. The van der Waals surface area contributed by atoms with Crippen molar-refractivity contribution in [2.75, 3.05) is 0 Å². The van der Waals surface area contributed by atoms with Crippen molar-refractivity contribution in [2.45, 2.75) is 26.2 Å². The van der Waals surface area contributed by atoms with E-state index < -0.39 is 0 Å². The van der Waals surface area contributed by atoms with E-state index in [0.29, 0.717) is 0 Å². The van der Waals surface area contributed by atoms with Gasteiger partial charge >= 0.3 is 0 Å². The minimum Gasteiger partial charge on any atom is -0.256 e. The Morgan fingerprint density at radius 2 is 0.546 bits per heavy atom. The van der Waals surface area contributed by atoms with Crippen molar-refractivity contribution >= 4 is 172 Å². The second kappa shape index (κ2) is 22.8. The molecule has 0 saturated carbocycles. The maximum atomic E-state index is 5.07. The van der Waals surface area contributed by atoms with Gasteiger partial charge in [0.05, 0.1) is 39.7 Å². The number of fused-ring (bicyclic) bond motifs is 20. The summed E-state index contributed by atoms with van der Waals surface area (Å²) < 4.78 is 0. The lowest BCUT2D eigenvalue weighted by Crippen LogP contribution is -2.10. The van der Waals surface area contributed by atoms with Gasteiger partial charge in [-0.3, -0.25) is 24.9 Å². The number of para-hydroxylation sites is 1. The summed E-state index contributed by atoms with van der Waals surface area (Å²) in [5.74, 6) is 0. The van der Waals surface area contributed by atoms with Crippen molar-refractivity contribution in [3.05, 3.63) is 328 Å². The lowest BCUT2D eigenvalue weighted by molar-refractivity contribution is 0.592. The second-order valence-corrected chi connectivity index (χ2v) is 30.4. The van der Waals surface area contributed by atoms with Gasteiger partial charge in [0, 0.05) is 64.0 Å². The topological polar surface area (TPSA) is 77.3 Å². The van der Waals surface area contributed by atoms with Crippen LogP contribution in [-0.2, 0) is 5.41 Å². The molecule has 0 spiro atoms. The third-order valence-corrected chi connectivity index (χ3v) is 23.4. The van der Waals surface area contributed by atoms with Gasteiger partial charge in [0.25, 0.3) is 0 Å². The highest BCUT2D eigenvalue weighted by atomic mass is 14.8. The first-order valence-corrected chi connectivity index (χ1v) is 37.2. The molecule has 108 heavy (non-hydrogen) atoms. The monoisotopic (exact) mass is 1370 g/mol. The van der Waals surface area contributed by atoms with Crippen LogP contribution < -0.4 is 0 Å². The molecule has 24 aromatic rings. The molecule has 0 saturated heterocycles. The Morgan fingerprint density at radius 1 is 0.194 bits per heavy atom. The Bertz CT molecular complexity index is 7630. The van der Waals surface area contributed by atoms with Crippen LogP contribution in [0, 0.1) is 0 Å². The number of hydrogen-bond acceptors (Lipinski definition) is 6. The van der Waals surface area contributed by atoms with E-state index in [1.807, 2.05) is 55.0 Å². The normalized spacial score (nSPS) is 12.4. The Labute approximate surface area is 619 Å². The number of benzene rings is 14. The van der Waals surface area contributed by atoms with Crippen LogP contribution in [0.25, 0.3) is 240 Å². The lowest BCUT2D eigenvalue weighted by atomic mass is 9.83. The number of nitrogens with zero attached hydrogens (tertiary/aromatic N) is 6. The predicted octanol–water partition coefficient (Wildman–Crippen LogP) is 27.2. The minimum atomic E-state index is -0.0140. The van der Waals surface area contributed by atoms with E-state index in [9.17, 15) is 0 Å². The van der Waals surface area contributed by atoms with E-state index in [0.717, 1.165) is 83.8 Å². The molecule has 500 valence electrons. The first-order valence-electron chi connectivity index (χ1n) is 37.2. The highest BCUT2D eigenvalue weighted by Gasteiger charge is 2.26. The smallest absolute Gasteiger partial charge is 0.0886 e. The molecule has 0 atom stereocenters. The Balaban J connectivity index is 0.000000130. The zero-order valence-electron chi connectivity index (χ0n) is 59.3. The third-order valence-electron chi connectivity index (χ3n) is 23.4. The predicted molar refractivity (Wildman–Crippen MR) is 456 cm³/mol. The van der Waals surface area contributed by atoms with Crippen molar-refractivity contribution < 1.29 is 0 Å². The zero-order chi connectivity index (χ0) is 71.2. The van der Waals surface area contributed by atoms with Crippen molar-refractivity contribution in [3.8, 4) is 67.5 Å².